The Bertz CT molecular complexity index is 344. The Morgan fingerprint density at radius 3 is 3.06 bits per heavy atom. The van der Waals surface area contributed by atoms with E-state index in [0.29, 0.717) is 18.7 Å². The predicted molar refractivity (Wildman–Crippen MR) is 61.6 cm³/mol. The highest BCUT2D eigenvalue weighted by Crippen LogP contribution is 2.06. The van der Waals surface area contributed by atoms with E-state index in [1.165, 1.54) is 6.20 Å². The molecule has 0 aliphatic rings. The Morgan fingerprint density at radius 1 is 1.75 bits per heavy atom. The number of hydrogen-bond donors (Lipinski definition) is 3. The molecule has 0 aromatic carbocycles. The standard InChI is InChI=1S/C8H13BrN4O3/c9-1-2-10-5-7(14)3-6-4-11-8(12-6)13(15)16/h4,7,10,14H,1-3,5H2,(H,11,12). The van der Waals surface area contributed by atoms with E-state index in [2.05, 4.69) is 31.2 Å². The zero-order valence-electron chi connectivity index (χ0n) is 8.52. The van der Waals surface area contributed by atoms with Gasteiger partial charge in [0, 0.05) is 24.8 Å². The van der Waals surface area contributed by atoms with E-state index in [-0.39, 0.29) is 5.95 Å². The molecule has 1 heterocycles. The minimum Gasteiger partial charge on any atom is -0.391 e. The van der Waals surface area contributed by atoms with E-state index < -0.39 is 11.0 Å². The smallest absolute Gasteiger partial charge is 0.391 e. The van der Waals surface area contributed by atoms with E-state index in [0.717, 1.165) is 11.9 Å². The molecule has 0 aliphatic heterocycles. The molecule has 0 aliphatic carbocycles. The molecule has 0 saturated carbocycles. The molecule has 90 valence electrons. The second kappa shape index (κ2) is 6.56. The Kier molecular flexibility index (Phi) is 5.36. The van der Waals surface area contributed by atoms with Crippen molar-refractivity contribution in [3.05, 3.63) is 22.0 Å². The highest BCUT2D eigenvalue weighted by molar-refractivity contribution is 9.09. The molecule has 0 radical (unpaired) electrons. The van der Waals surface area contributed by atoms with Crippen LogP contribution < -0.4 is 5.32 Å². The molecule has 1 aromatic heterocycles. The quantitative estimate of drug-likeness (QED) is 0.288. The van der Waals surface area contributed by atoms with Gasteiger partial charge in [-0.3, -0.25) is 0 Å². The van der Waals surface area contributed by atoms with Crippen LogP contribution in [0.4, 0.5) is 5.95 Å². The van der Waals surface area contributed by atoms with E-state index in [1.54, 1.807) is 0 Å². The average molecular weight is 293 g/mol. The molecule has 8 heteroatoms. The van der Waals surface area contributed by atoms with Gasteiger partial charge in [0.1, 0.15) is 6.20 Å². The topological polar surface area (TPSA) is 104 Å². The number of aromatic nitrogens is 2. The number of aliphatic hydroxyl groups is 1. The number of nitro groups is 1. The van der Waals surface area contributed by atoms with Gasteiger partial charge in [-0.05, 0) is 4.92 Å². The molecule has 0 spiro atoms. The third kappa shape index (κ3) is 4.25. The first-order valence-corrected chi connectivity index (χ1v) is 5.89. The molecule has 0 bridgehead atoms. The molecule has 1 unspecified atom stereocenters. The Balaban J connectivity index is 2.37. The number of imidazole rings is 1. The summed E-state index contributed by atoms with van der Waals surface area (Å²) in [6.45, 7) is 1.20. The van der Waals surface area contributed by atoms with Crippen LogP contribution >= 0.6 is 15.9 Å². The SMILES string of the molecule is O=[N+]([O-])c1nc(CC(O)CNCCBr)c[nH]1. The number of alkyl halides is 1. The largest absolute Gasteiger partial charge is 0.432 e. The lowest BCUT2D eigenvalue weighted by Crippen LogP contribution is -2.29. The fraction of sp³-hybridized carbons (Fsp3) is 0.625. The molecule has 16 heavy (non-hydrogen) atoms. The first-order chi connectivity index (χ1) is 7.63. The van der Waals surface area contributed by atoms with Gasteiger partial charge in [0.05, 0.1) is 6.10 Å². The van der Waals surface area contributed by atoms with Gasteiger partial charge in [-0.2, -0.15) is 0 Å². The molecular formula is C8H13BrN4O3. The predicted octanol–water partition coefficient (Wildman–Crippen LogP) is 0.206. The van der Waals surface area contributed by atoms with Gasteiger partial charge in [-0.15, -0.1) is 0 Å². The molecule has 1 aromatic rings. The van der Waals surface area contributed by atoms with Crippen molar-refractivity contribution in [2.24, 2.45) is 0 Å². The van der Waals surface area contributed by atoms with Gasteiger partial charge in [0.25, 0.3) is 0 Å². The molecule has 3 N–H and O–H groups in total. The zero-order valence-corrected chi connectivity index (χ0v) is 10.1. The highest BCUT2D eigenvalue weighted by atomic mass is 79.9. The maximum atomic E-state index is 10.3. The third-order valence-corrected chi connectivity index (χ3v) is 2.28. The van der Waals surface area contributed by atoms with Gasteiger partial charge >= 0.3 is 5.95 Å². The Hall–Kier alpha value is -0.990. The summed E-state index contributed by atoms with van der Waals surface area (Å²) in [4.78, 5) is 15.9. The summed E-state index contributed by atoms with van der Waals surface area (Å²) in [7, 11) is 0. The number of nitrogens with zero attached hydrogens (tertiary/aromatic N) is 2. The van der Waals surface area contributed by atoms with Crippen LogP contribution in [-0.4, -0.2) is 44.5 Å². The Morgan fingerprint density at radius 2 is 2.50 bits per heavy atom. The van der Waals surface area contributed by atoms with Gasteiger partial charge in [-0.1, -0.05) is 20.9 Å². The highest BCUT2D eigenvalue weighted by Gasteiger charge is 2.15. The van der Waals surface area contributed by atoms with Crippen molar-refractivity contribution < 1.29 is 10.0 Å². The lowest BCUT2D eigenvalue weighted by Gasteiger charge is -2.07. The molecular weight excluding hydrogens is 280 g/mol. The first-order valence-electron chi connectivity index (χ1n) is 4.77. The van der Waals surface area contributed by atoms with Crippen molar-refractivity contribution >= 4 is 21.9 Å². The van der Waals surface area contributed by atoms with Crippen molar-refractivity contribution in [1.29, 1.82) is 0 Å². The summed E-state index contributed by atoms with van der Waals surface area (Å²) >= 11 is 3.25. The van der Waals surface area contributed by atoms with Gasteiger partial charge in [0.15, 0.2) is 5.69 Å². The van der Waals surface area contributed by atoms with Crippen molar-refractivity contribution in [3.63, 3.8) is 0 Å². The maximum absolute atomic E-state index is 10.3. The fourth-order valence-electron chi connectivity index (χ4n) is 1.20. The van der Waals surface area contributed by atoms with Crippen LogP contribution in [0.25, 0.3) is 0 Å². The van der Waals surface area contributed by atoms with Gasteiger partial charge in [-0.25, -0.2) is 4.98 Å². The average Bonchev–Trinajstić information content (AvgIpc) is 2.66. The second-order valence-corrected chi connectivity index (χ2v) is 4.02. The van der Waals surface area contributed by atoms with Gasteiger partial charge < -0.3 is 20.5 Å². The number of nitrogens with one attached hydrogen (secondary N) is 2. The second-order valence-electron chi connectivity index (χ2n) is 3.22. The number of aromatic amines is 1. The Labute approximate surface area is 101 Å². The van der Waals surface area contributed by atoms with Crippen LogP contribution in [-0.2, 0) is 6.42 Å². The minimum absolute atomic E-state index is 0.291. The zero-order chi connectivity index (χ0) is 12.0. The lowest BCUT2D eigenvalue weighted by molar-refractivity contribution is -0.393. The normalized spacial score (nSPS) is 12.6. The van der Waals surface area contributed by atoms with E-state index in [1.807, 2.05) is 0 Å². The molecule has 0 saturated heterocycles. The van der Waals surface area contributed by atoms with E-state index in [9.17, 15) is 15.2 Å². The summed E-state index contributed by atoms with van der Waals surface area (Å²) in [5, 5.41) is 23.7. The summed E-state index contributed by atoms with van der Waals surface area (Å²) in [5.41, 5.74) is 0.486. The third-order valence-electron chi connectivity index (χ3n) is 1.89. The number of hydrogen-bond acceptors (Lipinski definition) is 5. The van der Waals surface area contributed by atoms with Crippen molar-refractivity contribution in [3.8, 4) is 0 Å². The minimum atomic E-state index is -0.598. The van der Waals surface area contributed by atoms with Gasteiger partial charge in [0.2, 0.25) is 0 Å². The van der Waals surface area contributed by atoms with Crippen LogP contribution in [0.1, 0.15) is 5.69 Å². The number of aliphatic hydroxyl groups excluding tert-OH is 1. The molecule has 0 fully saturated rings. The first kappa shape index (κ1) is 13.1. The van der Waals surface area contributed by atoms with Crippen LogP contribution in [0.3, 0.4) is 0 Å². The van der Waals surface area contributed by atoms with Crippen LogP contribution in [0.5, 0.6) is 0 Å². The van der Waals surface area contributed by atoms with Crippen LogP contribution in [0.2, 0.25) is 0 Å². The van der Waals surface area contributed by atoms with Crippen LogP contribution in [0, 0.1) is 10.1 Å². The molecule has 1 rings (SSSR count). The van der Waals surface area contributed by atoms with Crippen molar-refractivity contribution in [2.75, 3.05) is 18.4 Å². The van der Waals surface area contributed by atoms with E-state index in [4.69, 9.17) is 0 Å². The molecule has 7 nitrogen and oxygen atoms in total. The van der Waals surface area contributed by atoms with E-state index >= 15 is 0 Å². The number of rotatable bonds is 7. The summed E-state index contributed by atoms with van der Waals surface area (Å²) in [6, 6.07) is 0. The summed E-state index contributed by atoms with van der Waals surface area (Å²) in [6.07, 6.45) is 1.13. The van der Waals surface area contributed by atoms with Crippen molar-refractivity contribution in [1.82, 2.24) is 15.3 Å². The van der Waals surface area contributed by atoms with Crippen molar-refractivity contribution in [2.45, 2.75) is 12.5 Å². The van der Waals surface area contributed by atoms with Crippen LogP contribution in [0.15, 0.2) is 6.20 Å². The number of halogens is 1. The summed E-state index contributed by atoms with van der Waals surface area (Å²) in [5.74, 6) is -0.296. The molecule has 0 amide bonds. The molecule has 1 atom stereocenters. The fourth-order valence-corrected chi connectivity index (χ4v) is 1.48. The number of H-pyrrole nitrogens is 1. The lowest BCUT2D eigenvalue weighted by atomic mass is 10.2. The summed E-state index contributed by atoms with van der Waals surface area (Å²) < 4.78 is 0. The monoisotopic (exact) mass is 292 g/mol. The maximum Gasteiger partial charge on any atom is 0.432 e.